The molecule has 1 saturated carbocycles. The minimum Gasteiger partial charge on any atom is -0.376 e. The minimum absolute atomic E-state index is 0.0183. The monoisotopic (exact) mass is 282 g/mol. The molecule has 0 aromatic rings. The van der Waals surface area contributed by atoms with Crippen molar-refractivity contribution in [2.45, 2.75) is 64.0 Å². The summed E-state index contributed by atoms with van der Waals surface area (Å²) in [4.78, 5) is 25.4. The number of nitrogens with one attached hydrogen (secondary N) is 1. The molecule has 1 saturated heterocycles. The van der Waals surface area contributed by atoms with Crippen molar-refractivity contribution in [3.8, 4) is 0 Å². The van der Waals surface area contributed by atoms with E-state index in [1.54, 1.807) is 6.92 Å². The van der Waals surface area contributed by atoms with E-state index in [-0.39, 0.29) is 17.9 Å². The highest BCUT2D eigenvalue weighted by atomic mass is 16.5. The van der Waals surface area contributed by atoms with E-state index in [1.165, 1.54) is 12.8 Å². The molecule has 20 heavy (non-hydrogen) atoms. The highest BCUT2D eigenvalue weighted by Gasteiger charge is 2.25. The third kappa shape index (κ3) is 4.47. The fraction of sp³-hybridized carbons (Fsp3) is 0.867. The summed E-state index contributed by atoms with van der Waals surface area (Å²) in [5, 5.41) is 2.91. The van der Waals surface area contributed by atoms with E-state index in [2.05, 4.69) is 5.32 Å². The largest absolute Gasteiger partial charge is 0.376 e. The lowest BCUT2D eigenvalue weighted by molar-refractivity contribution is -0.132. The molecule has 1 aliphatic carbocycles. The smallest absolute Gasteiger partial charge is 0.221 e. The Morgan fingerprint density at radius 2 is 1.95 bits per heavy atom. The molecule has 1 unspecified atom stereocenters. The topological polar surface area (TPSA) is 58.6 Å². The van der Waals surface area contributed by atoms with Crippen LogP contribution >= 0.6 is 0 Å². The van der Waals surface area contributed by atoms with Gasteiger partial charge in [0.25, 0.3) is 0 Å². The van der Waals surface area contributed by atoms with Crippen LogP contribution in [0.25, 0.3) is 0 Å². The van der Waals surface area contributed by atoms with E-state index >= 15 is 0 Å². The minimum atomic E-state index is 0.0183. The van der Waals surface area contributed by atoms with Gasteiger partial charge in [0.2, 0.25) is 11.8 Å². The van der Waals surface area contributed by atoms with E-state index in [0.29, 0.717) is 25.6 Å². The Balaban J connectivity index is 1.68. The van der Waals surface area contributed by atoms with Gasteiger partial charge >= 0.3 is 0 Å². The number of hydrogen-bond acceptors (Lipinski definition) is 3. The van der Waals surface area contributed by atoms with Crippen LogP contribution in [-0.4, -0.2) is 48.6 Å². The molecule has 0 radical (unpaired) electrons. The molecule has 0 bridgehead atoms. The summed E-state index contributed by atoms with van der Waals surface area (Å²) in [7, 11) is 0. The molecule has 0 spiro atoms. The second-order valence-corrected chi connectivity index (χ2v) is 5.84. The first-order chi connectivity index (χ1) is 9.66. The number of carbonyl (C=O) groups excluding carboxylic acids is 2. The van der Waals surface area contributed by atoms with Crippen molar-refractivity contribution in [3.05, 3.63) is 0 Å². The number of nitrogens with zero attached hydrogens (tertiary/aromatic N) is 1. The summed E-state index contributed by atoms with van der Waals surface area (Å²) in [6, 6.07) is 0.346. The van der Waals surface area contributed by atoms with Crippen molar-refractivity contribution < 1.29 is 14.3 Å². The summed E-state index contributed by atoms with van der Waals surface area (Å²) in [6.45, 7) is 3.54. The molecule has 1 N–H and O–H groups in total. The molecule has 0 aromatic carbocycles. The zero-order valence-corrected chi connectivity index (χ0v) is 12.4. The zero-order valence-electron chi connectivity index (χ0n) is 12.4. The van der Waals surface area contributed by atoms with E-state index in [1.807, 2.05) is 4.90 Å². The average Bonchev–Trinajstić information content (AvgIpc) is 3.09. The van der Waals surface area contributed by atoms with Crippen LogP contribution in [0.4, 0.5) is 0 Å². The van der Waals surface area contributed by atoms with E-state index < -0.39 is 0 Å². The molecule has 2 aliphatic rings. The lowest BCUT2D eigenvalue weighted by atomic mass is 10.2. The third-order valence-corrected chi connectivity index (χ3v) is 4.30. The Morgan fingerprint density at radius 3 is 2.55 bits per heavy atom. The molecule has 1 atom stereocenters. The molecule has 0 aromatic heterocycles. The Labute approximate surface area is 121 Å². The SMILES string of the molecule is CC(=O)N(CCC(=O)NCC1CCCO1)C1CCCC1. The molecular weight excluding hydrogens is 256 g/mol. The first kappa shape index (κ1) is 15.3. The molecule has 2 rings (SSSR count). The van der Waals surface area contributed by atoms with Gasteiger partial charge in [-0.3, -0.25) is 9.59 Å². The van der Waals surface area contributed by atoms with Crippen molar-refractivity contribution in [1.29, 1.82) is 0 Å². The Bertz CT molecular complexity index is 334. The molecule has 5 heteroatoms. The summed E-state index contributed by atoms with van der Waals surface area (Å²) in [6.07, 6.45) is 7.23. The highest BCUT2D eigenvalue weighted by molar-refractivity contribution is 5.78. The van der Waals surface area contributed by atoms with Crippen LogP contribution in [-0.2, 0) is 14.3 Å². The summed E-state index contributed by atoms with van der Waals surface area (Å²) in [5.74, 6) is 0.105. The summed E-state index contributed by atoms with van der Waals surface area (Å²) < 4.78 is 5.47. The van der Waals surface area contributed by atoms with Crippen molar-refractivity contribution in [2.24, 2.45) is 0 Å². The predicted octanol–water partition coefficient (Wildman–Crippen LogP) is 1.46. The molecule has 114 valence electrons. The van der Waals surface area contributed by atoms with Crippen LogP contribution in [0, 0.1) is 0 Å². The van der Waals surface area contributed by atoms with E-state index in [9.17, 15) is 9.59 Å². The normalized spacial score (nSPS) is 22.9. The van der Waals surface area contributed by atoms with Crippen molar-refractivity contribution in [1.82, 2.24) is 10.2 Å². The number of carbonyl (C=O) groups is 2. The van der Waals surface area contributed by atoms with Crippen molar-refractivity contribution in [2.75, 3.05) is 19.7 Å². The molecule has 2 amide bonds. The number of hydrogen-bond donors (Lipinski definition) is 1. The maximum Gasteiger partial charge on any atom is 0.221 e. The van der Waals surface area contributed by atoms with Gasteiger partial charge in [-0.25, -0.2) is 0 Å². The molecule has 1 heterocycles. The number of amides is 2. The zero-order chi connectivity index (χ0) is 14.4. The second kappa shape index (κ2) is 7.62. The Kier molecular flexibility index (Phi) is 5.83. The average molecular weight is 282 g/mol. The Morgan fingerprint density at radius 1 is 1.20 bits per heavy atom. The summed E-state index contributed by atoms with van der Waals surface area (Å²) >= 11 is 0. The molecule has 2 fully saturated rings. The van der Waals surface area contributed by atoms with Gasteiger partial charge in [0.1, 0.15) is 0 Å². The maximum absolute atomic E-state index is 11.8. The van der Waals surface area contributed by atoms with E-state index in [0.717, 1.165) is 32.3 Å². The van der Waals surface area contributed by atoms with Gasteiger partial charge in [-0.1, -0.05) is 12.8 Å². The molecular formula is C15H26N2O3. The predicted molar refractivity (Wildman–Crippen MR) is 76.2 cm³/mol. The number of rotatable bonds is 6. The van der Waals surface area contributed by atoms with Crippen LogP contribution in [0.2, 0.25) is 0 Å². The van der Waals surface area contributed by atoms with Crippen LogP contribution in [0.5, 0.6) is 0 Å². The molecule has 5 nitrogen and oxygen atoms in total. The fourth-order valence-corrected chi connectivity index (χ4v) is 3.16. The van der Waals surface area contributed by atoms with E-state index in [4.69, 9.17) is 4.74 Å². The fourth-order valence-electron chi connectivity index (χ4n) is 3.16. The van der Waals surface area contributed by atoms with Gasteiger partial charge in [0, 0.05) is 39.1 Å². The van der Waals surface area contributed by atoms with Gasteiger partial charge in [-0.15, -0.1) is 0 Å². The van der Waals surface area contributed by atoms with Crippen LogP contribution in [0.3, 0.4) is 0 Å². The van der Waals surface area contributed by atoms with Gasteiger partial charge in [0.05, 0.1) is 6.10 Å². The first-order valence-corrected chi connectivity index (χ1v) is 7.82. The molecule has 1 aliphatic heterocycles. The quantitative estimate of drug-likeness (QED) is 0.802. The van der Waals surface area contributed by atoms with Crippen LogP contribution in [0.15, 0.2) is 0 Å². The number of ether oxygens (including phenoxy) is 1. The van der Waals surface area contributed by atoms with Crippen molar-refractivity contribution in [3.63, 3.8) is 0 Å². The standard InChI is InChI=1S/C15H26N2O3/c1-12(18)17(13-5-2-3-6-13)9-8-15(19)16-11-14-7-4-10-20-14/h13-14H,2-11H2,1H3,(H,16,19). The van der Waals surface area contributed by atoms with Crippen LogP contribution in [0.1, 0.15) is 51.9 Å². The third-order valence-electron chi connectivity index (χ3n) is 4.30. The Hall–Kier alpha value is -1.10. The lowest BCUT2D eigenvalue weighted by Crippen LogP contribution is -2.40. The maximum atomic E-state index is 11.8. The summed E-state index contributed by atoms with van der Waals surface area (Å²) in [5.41, 5.74) is 0. The second-order valence-electron chi connectivity index (χ2n) is 5.84. The van der Waals surface area contributed by atoms with Gasteiger partial charge in [-0.2, -0.15) is 0 Å². The van der Waals surface area contributed by atoms with Gasteiger partial charge in [-0.05, 0) is 25.7 Å². The lowest BCUT2D eigenvalue weighted by Gasteiger charge is -2.27. The highest BCUT2D eigenvalue weighted by Crippen LogP contribution is 2.23. The first-order valence-electron chi connectivity index (χ1n) is 7.82. The van der Waals surface area contributed by atoms with Gasteiger partial charge < -0.3 is 15.0 Å². The van der Waals surface area contributed by atoms with Gasteiger partial charge in [0.15, 0.2) is 0 Å². The van der Waals surface area contributed by atoms with Crippen molar-refractivity contribution >= 4 is 11.8 Å². The van der Waals surface area contributed by atoms with Crippen LogP contribution < -0.4 is 5.32 Å².